The lowest BCUT2D eigenvalue weighted by molar-refractivity contribution is -0.114. The van der Waals surface area contributed by atoms with Crippen LogP contribution in [0.25, 0.3) is 11.1 Å². The van der Waals surface area contributed by atoms with Gasteiger partial charge in [-0.15, -0.1) is 0 Å². The van der Waals surface area contributed by atoms with Crippen LogP contribution in [0.1, 0.15) is 51.5 Å². The zero-order valence-electron chi connectivity index (χ0n) is 16.6. The smallest absolute Gasteiger partial charge is 0.221 e. The third-order valence-electron chi connectivity index (χ3n) is 5.33. The molecule has 2 atom stereocenters. The van der Waals surface area contributed by atoms with E-state index < -0.39 is 15.3 Å². The molecule has 3 rings (SSSR count). The van der Waals surface area contributed by atoms with Crippen LogP contribution in [0.3, 0.4) is 0 Å². The van der Waals surface area contributed by atoms with Gasteiger partial charge in [0.25, 0.3) is 0 Å². The van der Waals surface area contributed by atoms with E-state index in [1.807, 2.05) is 24.3 Å². The van der Waals surface area contributed by atoms with E-state index in [2.05, 4.69) is 34.3 Å². The highest BCUT2D eigenvalue weighted by atomic mass is 32.2. The van der Waals surface area contributed by atoms with Crippen LogP contribution in [0.2, 0.25) is 0 Å². The molecule has 6 heteroatoms. The number of hydrogen-bond donors (Lipinski definition) is 2. The van der Waals surface area contributed by atoms with Crippen molar-refractivity contribution in [3.8, 4) is 11.1 Å². The molecule has 28 heavy (non-hydrogen) atoms. The molecular weight excluding hydrogens is 372 g/mol. The number of anilines is 1. The average Bonchev–Trinajstić information content (AvgIpc) is 3.09. The second-order valence-corrected chi connectivity index (χ2v) is 10.0. The molecule has 2 aromatic rings. The van der Waals surface area contributed by atoms with E-state index in [9.17, 15) is 13.2 Å². The fourth-order valence-electron chi connectivity index (χ4n) is 3.72. The second kappa shape index (κ2) is 8.45. The monoisotopic (exact) mass is 400 g/mol. The summed E-state index contributed by atoms with van der Waals surface area (Å²) in [5.41, 5.74) is 4.12. The Morgan fingerprint density at radius 2 is 1.54 bits per heavy atom. The van der Waals surface area contributed by atoms with Gasteiger partial charge < -0.3 is 5.32 Å². The van der Waals surface area contributed by atoms with Crippen molar-refractivity contribution < 1.29 is 13.2 Å². The number of sulfonamides is 1. The Bertz CT molecular complexity index is 919. The number of hydrogen-bond acceptors (Lipinski definition) is 3. The van der Waals surface area contributed by atoms with Gasteiger partial charge in [-0.2, -0.15) is 0 Å². The summed E-state index contributed by atoms with van der Waals surface area (Å²) in [6, 6.07) is 16.1. The Kier molecular flexibility index (Phi) is 6.20. The summed E-state index contributed by atoms with van der Waals surface area (Å²) < 4.78 is 27.4. The Hall–Kier alpha value is -2.18. The van der Waals surface area contributed by atoms with Crippen molar-refractivity contribution in [3.63, 3.8) is 0 Å². The highest BCUT2D eigenvalue weighted by Crippen LogP contribution is 2.36. The van der Waals surface area contributed by atoms with Gasteiger partial charge in [-0.3, -0.25) is 4.79 Å². The minimum absolute atomic E-state index is 0.0322. The van der Waals surface area contributed by atoms with Gasteiger partial charge in [0.2, 0.25) is 15.9 Å². The van der Waals surface area contributed by atoms with Crippen LogP contribution in [0, 0.1) is 0 Å². The van der Waals surface area contributed by atoms with E-state index >= 15 is 0 Å². The van der Waals surface area contributed by atoms with Crippen LogP contribution < -0.4 is 10.0 Å². The fourth-order valence-corrected chi connectivity index (χ4v) is 4.70. The zero-order valence-corrected chi connectivity index (χ0v) is 17.4. The first-order valence-corrected chi connectivity index (χ1v) is 11.3. The normalized spacial score (nSPS) is 19.7. The second-order valence-electron chi connectivity index (χ2n) is 7.74. The van der Waals surface area contributed by atoms with Crippen molar-refractivity contribution in [2.45, 2.75) is 57.2 Å². The van der Waals surface area contributed by atoms with Crippen molar-refractivity contribution in [3.05, 3.63) is 54.1 Å². The molecule has 0 saturated heterocycles. The maximum absolute atomic E-state index is 12.3. The highest BCUT2D eigenvalue weighted by Gasteiger charge is 2.32. The molecule has 150 valence electrons. The number of amides is 1. The lowest BCUT2D eigenvalue weighted by atomic mass is 9.93. The van der Waals surface area contributed by atoms with Crippen molar-refractivity contribution in [1.82, 2.24) is 4.72 Å². The number of nitrogens with one attached hydrogen (secondary N) is 2. The number of rotatable bonds is 6. The van der Waals surface area contributed by atoms with Crippen LogP contribution in [0.5, 0.6) is 0 Å². The summed E-state index contributed by atoms with van der Waals surface area (Å²) in [5, 5.41) is 2.35. The Morgan fingerprint density at radius 1 is 0.964 bits per heavy atom. The lowest BCUT2D eigenvalue weighted by Crippen LogP contribution is -2.40. The summed E-state index contributed by atoms with van der Waals surface area (Å²) in [4.78, 5) is 11.1. The fraction of sp³-hybridized carbons (Fsp3) is 0.409. The molecule has 0 aromatic heterocycles. The molecule has 0 unspecified atom stereocenters. The summed E-state index contributed by atoms with van der Waals surface area (Å²) >= 11 is 0. The molecule has 0 spiro atoms. The van der Waals surface area contributed by atoms with Crippen LogP contribution in [0.4, 0.5) is 5.69 Å². The molecule has 5 nitrogen and oxygen atoms in total. The van der Waals surface area contributed by atoms with E-state index in [4.69, 9.17) is 0 Å². The first-order valence-electron chi connectivity index (χ1n) is 9.75. The quantitative estimate of drug-likeness (QED) is 0.760. The first kappa shape index (κ1) is 20.6. The van der Waals surface area contributed by atoms with E-state index in [0.29, 0.717) is 0 Å². The van der Waals surface area contributed by atoms with Gasteiger partial charge in [-0.25, -0.2) is 13.1 Å². The van der Waals surface area contributed by atoms with Crippen LogP contribution in [0.15, 0.2) is 48.5 Å². The highest BCUT2D eigenvalue weighted by molar-refractivity contribution is 7.90. The molecular formula is C22H28N2O3S. The van der Waals surface area contributed by atoms with E-state index in [1.54, 1.807) is 13.8 Å². The number of carbonyl (C=O) groups excluding carboxylic acids is 1. The zero-order chi connectivity index (χ0) is 20.3. The molecule has 2 N–H and O–H groups in total. The molecule has 1 aliphatic rings. The number of carbonyl (C=O) groups is 1. The van der Waals surface area contributed by atoms with Gasteiger partial charge >= 0.3 is 0 Å². The van der Waals surface area contributed by atoms with Crippen molar-refractivity contribution in [2.24, 2.45) is 0 Å². The van der Waals surface area contributed by atoms with E-state index in [-0.39, 0.29) is 17.9 Å². The maximum Gasteiger partial charge on any atom is 0.221 e. The predicted octanol–water partition coefficient (Wildman–Crippen LogP) is 4.28. The number of benzene rings is 2. The molecule has 1 amide bonds. The van der Waals surface area contributed by atoms with Gasteiger partial charge in [-0.1, -0.05) is 42.8 Å². The summed E-state index contributed by atoms with van der Waals surface area (Å²) in [7, 11) is -3.27. The van der Waals surface area contributed by atoms with E-state index in [0.717, 1.165) is 36.1 Å². The summed E-state index contributed by atoms with van der Waals surface area (Å²) in [6.07, 6.45) is 2.90. The van der Waals surface area contributed by atoms with Crippen LogP contribution >= 0.6 is 0 Å². The minimum Gasteiger partial charge on any atom is -0.326 e. The lowest BCUT2D eigenvalue weighted by Gasteiger charge is -2.23. The Morgan fingerprint density at radius 3 is 2.07 bits per heavy atom. The van der Waals surface area contributed by atoms with Crippen LogP contribution in [-0.2, 0) is 14.8 Å². The molecule has 1 aliphatic carbocycles. The summed E-state index contributed by atoms with van der Waals surface area (Å²) in [5.74, 6) is 0.126. The van der Waals surface area contributed by atoms with Crippen molar-refractivity contribution in [2.75, 3.05) is 5.32 Å². The largest absolute Gasteiger partial charge is 0.326 e. The Balaban J connectivity index is 1.74. The molecule has 0 bridgehead atoms. The molecule has 0 heterocycles. The molecule has 0 radical (unpaired) electrons. The third-order valence-corrected chi connectivity index (χ3v) is 7.20. The van der Waals surface area contributed by atoms with Gasteiger partial charge in [0.05, 0.1) is 5.25 Å². The van der Waals surface area contributed by atoms with Gasteiger partial charge in [-0.05, 0) is 55.5 Å². The molecule has 1 fully saturated rings. The molecule has 0 aliphatic heterocycles. The third kappa shape index (κ3) is 4.80. The predicted molar refractivity (Wildman–Crippen MR) is 114 cm³/mol. The maximum atomic E-state index is 12.3. The SMILES string of the molecule is CC(=O)Nc1ccc(-c2ccc([C@@H]3CCC[C@@H]3NS(=O)(=O)C(C)C)cc2)cc1. The van der Waals surface area contributed by atoms with Crippen LogP contribution in [-0.4, -0.2) is 25.6 Å². The molecule has 1 saturated carbocycles. The molecule has 2 aromatic carbocycles. The van der Waals surface area contributed by atoms with Crippen molar-refractivity contribution >= 4 is 21.6 Å². The Labute approximate surface area is 167 Å². The minimum atomic E-state index is -3.27. The van der Waals surface area contributed by atoms with Crippen molar-refractivity contribution in [1.29, 1.82) is 0 Å². The standard InChI is InChI=1S/C22H28N2O3S/c1-15(2)28(26,27)24-22-6-4-5-21(22)19-9-7-17(8-10-19)18-11-13-20(14-12-18)23-16(3)25/h7-15,21-22,24H,4-6H2,1-3H3,(H,23,25)/t21-,22-/m0/s1. The topological polar surface area (TPSA) is 75.3 Å². The summed E-state index contributed by atoms with van der Waals surface area (Å²) in [6.45, 7) is 4.90. The van der Waals surface area contributed by atoms with Gasteiger partial charge in [0, 0.05) is 24.6 Å². The van der Waals surface area contributed by atoms with E-state index in [1.165, 1.54) is 12.5 Å². The van der Waals surface area contributed by atoms with Gasteiger partial charge in [0.15, 0.2) is 0 Å². The average molecular weight is 401 g/mol. The first-order chi connectivity index (χ1) is 13.3. The van der Waals surface area contributed by atoms with Gasteiger partial charge in [0.1, 0.15) is 0 Å².